The van der Waals surface area contributed by atoms with Gasteiger partial charge in [-0.15, -0.1) is 0 Å². The molecule has 1 saturated heterocycles. The summed E-state index contributed by atoms with van der Waals surface area (Å²) >= 11 is 0. The van der Waals surface area contributed by atoms with Crippen molar-refractivity contribution in [2.75, 3.05) is 68.7 Å². The van der Waals surface area contributed by atoms with E-state index in [4.69, 9.17) is 9.47 Å². The highest BCUT2D eigenvalue weighted by Crippen LogP contribution is 2.29. The standard InChI is InChI=1S/C20H29N5O2/c1-16-22-19(21-9-6-14-26-2)15-20(23-16)25-12-10-24(11-13-25)17-7-4-5-8-18(17)27-3/h4-5,7-8,15H,6,9-14H2,1-3H3,(H,21,22,23). The molecule has 1 aromatic heterocycles. The lowest BCUT2D eigenvalue weighted by Crippen LogP contribution is -2.47. The van der Waals surface area contributed by atoms with E-state index < -0.39 is 0 Å². The van der Waals surface area contributed by atoms with Gasteiger partial charge in [-0.25, -0.2) is 9.97 Å². The highest BCUT2D eigenvalue weighted by molar-refractivity contribution is 5.60. The van der Waals surface area contributed by atoms with Crippen LogP contribution in [0.2, 0.25) is 0 Å². The number of piperazine rings is 1. The molecule has 7 nitrogen and oxygen atoms in total. The monoisotopic (exact) mass is 371 g/mol. The molecule has 1 N–H and O–H groups in total. The Labute approximate surface area is 161 Å². The van der Waals surface area contributed by atoms with Gasteiger partial charge >= 0.3 is 0 Å². The predicted octanol–water partition coefficient (Wildman–Crippen LogP) is 2.57. The van der Waals surface area contributed by atoms with Gasteiger partial charge in [0.05, 0.1) is 12.8 Å². The first-order valence-corrected chi connectivity index (χ1v) is 9.42. The van der Waals surface area contributed by atoms with Gasteiger partial charge in [0.2, 0.25) is 0 Å². The SMILES string of the molecule is COCCCNc1cc(N2CCN(c3ccccc3OC)CC2)nc(C)n1. The summed E-state index contributed by atoms with van der Waals surface area (Å²) in [7, 11) is 3.44. The van der Waals surface area contributed by atoms with Crippen LogP contribution in [0.5, 0.6) is 5.75 Å². The third kappa shape index (κ3) is 5.01. The summed E-state index contributed by atoms with van der Waals surface area (Å²) in [6.07, 6.45) is 0.951. The van der Waals surface area contributed by atoms with Crippen molar-refractivity contribution < 1.29 is 9.47 Å². The Kier molecular flexibility index (Phi) is 6.70. The van der Waals surface area contributed by atoms with Crippen molar-refractivity contribution in [1.82, 2.24) is 9.97 Å². The van der Waals surface area contributed by atoms with E-state index in [0.29, 0.717) is 0 Å². The van der Waals surface area contributed by atoms with Crippen molar-refractivity contribution in [2.24, 2.45) is 0 Å². The predicted molar refractivity (Wildman–Crippen MR) is 109 cm³/mol. The number of hydrogen-bond donors (Lipinski definition) is 1. The first kappa shape index (κ1) is 19.2. The molecule has 0 aliphatic carbocycles. The van der Waals surface area contributed by atoms with E-state index in [1.165, 1.54) is 0 Å². The fraction of sp³-hybridized carbons (Fsp3) is 0.500. The Morgan fingerprint density at radius 1 is 1.04 bits per heavy atom. The number of rotatable bonds is 8. The van der Waals surface area contributed by atoms with Gasteiger partial charge in [-0.05, 0) is 25.5 Å². The van der Waals surface area contributed by atoms with Gasteiger partial charge in [0.15, 0.2) is 0 Å². The smallest absolute Gasteiger partial charge is 0.142 e. The number of anilines is 3. The molecular weight excluding hydrogens is 342 g/mol. The van der Waals surface area contributed by atoms with E-state index >= 15 is 0 Å². The molecule has 7 heteroatoms. The number of aryl methyl sites for hydroxylation is 1. The minimum absolute atomic E-state index is 0.745. The van der Waals surface area contributed by atoms with Crippen molar-refractivity contribution in [2.45, 2.75) is 13.3 Å². The van der Waals surface area contributed by atoms with Crippen molar-refractivity contribution in [3.05, 3.63) is 36.2 Å². The molecule has 0 bridgehead atoms. The summed E-state index contributed by atoms with van der Waals surface area (Å²) in [5.74, 6) is 3.57. The maximum Gasteiger partial charge on any atom is 0.142 e. The topological polar surface area (TPSA) is 62.8 Å². The molecule has 146 valence electrons. The van der Waals surface area contributed by atoms with Crippen LogP contribution in [0.4, 0.5) is 17.3 Å². The average molecular weight is 371 g/mol. The number of nitrogens with zero attached hydrogens (tertiary/aromatic N) is 4. The maximum atomic E-state index is 5.50. The number of methoxy groups -OCH3 is 2. The second-order valence-electron chi connectivity index (χ2n) is 6.58. The maximum absolute atomic E-state index is 5.50. The van der Waals surface area contributed by atoms with Gasteiger partial charge in [0.25, 0.3) is 0 Å². The molecule has 1 fully saturated rings. The van der Waals surface area contributed by atoms with Crippen molar-refractivity contribution in [3.8, 4) is 5.75 Å². The molecular formula is C20H29N5O2. The lowest BCUT2D eigenvalue weighted by molar-refractivity contribution is 0.198. The zero-order chi connectivity index (χ0) is 19.1. The molecule has 3 rings (SSSR count). The summed E-state index contributed by atoms with van der Waals surface area (Å²) in [4.78, 5) is 13.8. The highest BCUT2D eigenvalue weighted by Gasteiger charge is 2.21. The Morgan fingerprint density at radius 2 is 1.78 bits per heavy atom. The first-order chi connectivity index (χ1) is 13.2. The highest BCUT2D eigenvalue weighted by atomic mass is 16.5. The Morgan fingerprint density at radius 3 is 2.52 bits per heavy atom. The largest absolute Gasteiger partial charge is 0.495 e. The number of ether oxygens (including phenoxy) is 2. The average Bonchev–Trinajstić information content (AvgIpc) is 2.71. The molecule has 0 atom stereocenters. The van der Waals surface area contributed by atoms with Gasteiger partial charge < -0.3 is 24.6 Å². The van der Waals surface area contributed by atoms with E-state index in [9.17, 15) is 0 Å². The summed E-state index contributed by atoms with van der Waals surface area (Å²) in [6.45, 7) is 7.21. The normalized spacial score (nSPS) is 14.3. The second-order valence-corrected chi connectivity index (χ2v) is 6.58. The minimum Gasteiger partial charge on any atom is -0.495 e. The number of hydrogen-bond acceptors (Lipinski definition) is 7. The molecule has 0 spiro atoms. The van der Waals surface area contributed by atoms with Crippen LogP contribution in [0.25, 0.3) is 0 Å². The van der Waals surface area contributed by atoms with E-state index in [-0.39, 0.29) is 0 Å². The number of aromatic nitrogens is 2. The van der Waals surface area contributed by atoms with Crippen LogP contribution in [-0.2, 0) is 4.74 Å². The quantitative estimate of drug-likeness (QED) is 0.716. The Hall–Kier alpha value is -2.54. The third-order valence-corrected chi connectivity index (χ3v) is 4.69. The lowest BCUT2D eigenvalue weighted by Gasteiger charge is -2.37. The number of para-hydroxylation sites is 2. The number of benzene rings is 1. The van der Waals surface area contributed by atoms with Crippen LogP contribution < -0.4 is 19.9 Å². The van der Waals surface area contributed by atoms with Gasteiger partial charge in [-0.3, -0.25) is 0 Å². The lowest BCUT2D eigenvalue weighted by atomic mass is 10.2. The second kappa shape index (κ2) is 9.41. The molecule has 0 unspecified atom stereocenters. The number of nitrogens with one attached hydrogen (secondary N) is 1. The van der Waals surface area contributed by atoms with Crippen molar-refractivity contribution in [3.63, 3.8) is 0 Å². The third-order valence-electron chi connectivity index (χ3n) is 4.69. The van der Waals surface area contributed by atoms with Crippen LogP contribution >= 0.6 is 0 Å². The van der Waals surface area contributed by atoms with E-state index in [1.807, 2.05) is 25.1 Å². The van der Waals surface area contributed by atoms with Crippen molar-refractivity contribution >= 4 is 17.3 Å². The fourth-order valence-corrected chi connectivity index (χ4v) is 3.30. The minimum atomic E-state index is 0.745. The Balaban J connectivity index is 1.62. The molecule has 0 saturated carbocycles. The molecule has 1 aliphatic rings. The van der Waals surface area contributed by atoms with Crippen LogP contribution in [0, 0.1) is 6.92 Å². The van der Waals surface area contributed by atoms with E-state index in [1.54, 1.807) is 14.2 Å². The van der Waals surface area contributed by atoms with Crippen molar-refractivity contribution in [1.29, 1.82) is 0 Å². The summed E-state index contributed by atoms with van der Waals surface area (Å²) in [5, 5.41) is 3.36. The fourth-order valence-electron chi connectivity index (χ4n) is 3.30. The van der Waals surface area contributed by atoms with Crippen LogP contribution in [0.15, 0.2) is 30.3 Å². The molecule has 27 heavy (non-hydrogen) atoms. The first-order valence-electron chi connectivity index (χ1n) is 9.42. The van der Waals surface area contributed by atoms with Gasteiger partial charge in [-0.2, -0.15) is 0 Å². The van der Waals surface area contributed by atoms with E-state index in [2.05, 4.69) is 37.2 Å². The van der Waals surface area contributed by atoms with Gasteiger partial charge in [0.1, 0.15) is 23.2 Å². The van der Waals surface area contributed by atoms with Crippen LogP contribution in [0.3, 0.4) is 0 Å². The molecule has 2 aromatic rings. The van der Waals surface area contributed by atoms with E-state index in [0.717, 1.165) is 74.6 Å². The molecule has 2 heterocycles. The molecule has 0 amide bonds. The van der Waals surface area contributed by atoms with Crippen LogP contribution in [0.1, 0.15) is 12.2 Å². The summed E-state index contributed by atoms with van der Waals surface area (Å²) in [6, 6.07) is 10.2. The molecule has 1 aliphatic heterocycles. The molecule has 0 radical (unpaired) electrons. The zero-order valence-electron chi connectivity index (χ0n) is 16.4. The van der Waals surface area contributed by atoms with Gasteiger partial charge in [-0.1, -0.05) is 12.1 Å². The summed E-state index contributed by atoms with van der Waals surface area (Å²) in [5.41, 5.74) is 1.15. The zero-order valence-corrected chi connectivity index (χ0v) is 16.4. The summed E-state index contributed by atoms with van der Waals surface area (Å²) < 4.78 is 10.6. The molecule has 1 aromatic carbocycles. The van der Waals surface area contributed by atoms with Crippen LogP contribution in [-0.4, -0.2) is 63.5 Å². The Bertz CT molecular complexity index is 732. The van der Waals surface area contributed by atoms with Gasteiger partial charge in [0, 0.05) is 52.5 Å².